The molecule has 0 radical (unpaired) electrons. The van der Waals surface area contributed by atoms with Crippen LogP contribution in [0.4, 0.5) is 5.69 Å². The highest BCUT2D eigenvalue weighted by Gasteiger charge is 2.17. The Balaban J connectivity index is 2.51. The molecule has 0 atom stereocenters. The number of nitrogens with zero attached hydrogens (tertiary/aromatic N) is 1. The Hall–Kier alpha value is -1.88. The van der Waals surface area contributed by atoms with Gasteiger partial charge >= 0.3 is 7.75 Å². The molecule has 0 spiro atoms. The van der Waals surface area contributed by atoms with Crippen molar-refractivity contribution in [2.45, 2.75) is 0 Å². The Morgan fingerprint density at radius 3 is 2.63 bits per heavy atom. The van der Waals surface area contributed by atoms with Gasteiger partial charge < -0.3 is 14.5 Å². The van der Waals surface area contributed by atoms with Crippen molar-refractivity contribution >= 4 is 13.4 Å². The minimum Gasteiger partial charge on any atom is -0.497 e. The maximum Gasteiger partial charge on any atom is 0.427 e. The summed E-state index contributed by atoms with van der Waals surface area (Å²) in [6.45, 7) is 0. The lowest BCUT2D eigenvalue weighted by Crippen LogP contribution is -1.98. The smallest absolute Gasteiger partial charge is 0.427 e. The van der Waals surface area contributed by atoms with Gasteiger partial charge in [-0.05, 0) is 24.3 Å². The van der Waals surface area contributed by atoms with Crippen LogP contribution in [-0.4, -0.2) is 21.9 Å². The first-order chi connectivity index (χ1) is 8.99. The molecule has 0 saturated heterocycles. The molecular weight excluding hydrogens is 267 g/mol. The van der Waals surface area contributed by atoms with Crippen molar-refractivity contribution < 1.29 is 19.1 Å². The molecule has 19 heavy (non-hydrogen) atoms. The lowest BCUT2D eigenvalue weighted by atomic mass is 10.1. The van der Waals surface area contributed by atoms with Crippen LogP contribution in [0.2, 0.25) is 0 Å². The molecule has 1 aromatic heterocycles. The van der Waals surface area contributed by atoms with Crippen molar-refractivity contribution in [2.24, 2.45) is 0 Å². The number of rotatable bonds is 4. The molecular formula is C12H13N2O4P. The predicted octanol–water partition coefficient (Wildman–Crippen LogP) is 2.26. The van der Waals surface area contributed by atoms with E-state index in [1.165, 1.54) is 13.2 Å². The summed E-state index contributed by atoms with van der Waals surface area (Å²) in [5.74, 6) is 0.496. The van der Waals surface area contributed by atoms with Crippen molar-refractivity contribution in [3.05, 3.63) is 42.6 Å². The fourth-order valence-electron chi connectivity index (χ4n) is 1.65. The number of pyridine rings is 1. The minimum absolute atomic E-state index is 0.270. The van der Waals surface area contributed by atoms with Gasteiger partial charge in [0.1, 0.15) is 5.75 Å². The minimum atomic E-state index is -4.40. The number of nitrogens with one attached hydrogen (secondary N) is 1. The van der Waals surface area contributed by atoms with Crippen LogP contribution in [0.15, 0.2) is 42.6 Å². The first-order valence-corrected chi connectivity index (χ1v) is 7.04. The maximum atomic E-state index is 11.1. The van der Waals surface area contributed by atoms with Crippen LogP contribution >= 0.6 is 7.75 Å². The first kappa shape index (κ1) is 13.5. The highest BCUT2D eigenvalue weighted by atomic mass is 31.2. The van der Waals surface area contributed by atoms with Crippen LogP contribution < -0.4 is 9.82 Å². The largest absolute Gasteiger partial charge is 0.497 e. The number of hydrogen-bond donors (Lipinski definition) is 3. The number of methoxy groups -OCH3 is 1. The molecule has 2 rings (SSSR count). The van der Waals surface area contributed by atoms with E-state index in [2.05, 4.69) is 10.1 Å². The SMILES string of the molecule is COc1ccc(-c2ccccn2)c(NP(=O)(O)O)c1. The molecule has 0 unspecified atom stereocenters. The third-order valence-corrected chi connectivity index (χ3v) is 2.97. The van der Waals surface area contributed by atoms with Gasteiger partial charge in [-0.3, -0.25) is 10.1 Å². The van der Waals surface area contributed by atoms with Crippen LogP contribution in [0.1, 0.15) is 0 Å². The van der Waals surface area contributed by atoms with Gasteiger partial charge in [-0.25, -0.2) is 4.57 Å². The van der Waals surface area contributed by atoms with Crippen molar-refractivity contribution in [1.29, 1.82) is 0 Å². The standard InChI is InChI=1S/C12H13N2O4P/c1-18-9-5-6-10(11-4-2-3-7-13-11)12(8-9)14-19(15,16)17/h2-8H,1H3,(H3,14,15,16,17). The number of ether oxygens (including phenoxy) is 1. The second kappa shape index (κ2) is 5.40. The molecule has 6 nitrogen and oxygen atoms in total. The Kier molecular flexibility index (Phi) is 3.85. The van der Waals surface area contributed by atoms with E-state index in [1.807, 2.05) is 0 Å². The average molecular weight is 280 g/mol. The topological polar surface area (TPSA) is 91.7 Å². The van der Waals surface area contributed by atoms with Gasteiger partial charge in [-0.15, -0.1) is 0 Å². The zero-order valence-electron chi connectivity index (χ0n) is 10.1. The summed E-state index contributed by atoms with van der Waals surface area (Å²) < 4.78 is 16.2. The fraction of sp³-hybridized carbons (Fsp3) is 0.0833. The molecule has 7 heteroatoms. The summed E-state index contributed by atoms with van der Waals surface area (Å²) in [5, 5.41) is 2.17. The molecule has 0 amide bonds. The molecule has 3 N–H and O–H groups in total. The summed E-state index contributed by atoms with van der Waals surface area (Å²) in [4.78, 5) is 22.3. The van der Waals surface area contributed by atoms with Crippen molar-refractivity contribution in [3.8, 4) is 17.0 Å². The predicted molar refractivity (Wildman–Crippen MR) is 71.9 cm³/mol. The van der Waals surface area contributed by atoms with Gasteiger partial charge in [0, 0.05) is 17.8 Å². The monoisotopic (exact) mass is 280 g/mol. The summed E-state index contributed by atoms with van der Waals surface area (Å²) in [5.41, 5.74) is 1.47. The highest BCUT2D eigenvalue weighted by Crippen LogP contribution is 2.40. The Morgan fingerprint density at radius 1 is 1.26 bits per heavy atom. The van der Waals surface area contributed by atoms with Gasteiger partial charge in [0.2, 0.25) is 0 Å². The van der Waals surface area contributed by atoms with Gasteiger partial charge in [0.15, 0.2) is 0 Å². The van der Waals surface area contributed by atoms with E-state index < -0.39 is 7.75 Å². The summed E-state index contributed by atoms with van der Waals surface area (Å²) in [7, 11) is -2.92. The van der Waals surface area contributed by atoms with E-state index in [0.717, 1.165) is 0 Å². The molecule has 0 saturated carbocycles. The molecule has 0 bridgehead atoms. The van der Waals surface area contributed by atoms with E-state index >= 15 is 0 Å². The molecule has 0 aliphatic heterocycles. The Morgan fingerprint density at radius 2 is 2.05 bits per heavy atom. The molecule has 2 aromatic rings. The van der Waals surface area contributed by atoms with Gasteiger partial charge in [-0.2, -0.15) is 0 Å². The molecule has 0 fully saturated rings. The number of aromatic nitrogens is 1. The van der Waals surface area contributed by atoms with E-state index in [0.29, 0.717) is 17.0 Å². The average Bonchev–Trinajstić information content (AvgIpc) is 2.38. The van der Waals surface area contributed by atoms with Gasteiger partial charge in [0.05, 0.1) is 18.5 Å². The molecule has 100 valence electrons. The van der Waals surface area contributed by atoms with Crippen LogP contribution in [0.25, 0.3) is 11.3 Å². The summed E-state index contributed by atoms with van der Waals surface area (Å²) in [6.07, 6.45) is 1.61. The number of hydrogen-bond acceptors (Lipinski definition) is 3. The van der Waals surface area contributed by atoms with Crippen molar-refractivity contribution in [2.75, 3.05) is 12.2 Å². The summed E-state index contributed by atoms with van der Waals surface area (Å²) in [6, 6.07) is 10.2. The normalized spacial score (nSPS) is 11.1. The number of benzene rings is 1. The zero-order valence-corrected chi connectivity index (χ0v) is 11.0. The van der Waals surface area contributed by atoms with Gasteiger partial charge in [-0.1, -0.05) is 6.07 Å². The van der Waals surface area contributed by atoms with Crippen LogP contribution in [0.3, 0.4) is 0 Å². The zero-order chi connectivity index (χ0) is 13.9. The van der Waals surface area contributed by atoms with E-state index in [1.54, 1.807) is 36.5 Å². The van der Waals surface area contributed by atoms with Crippen molar-refractivity contribution in [3.63, 3.8) is 0 Å². The highest BCUT2D eigenvalue weighted by molar-refractivity contribution is 7.53. The molecule has 1 aromatic carbocycles. The molecule has 0 aliphatic rings. The third-order valence-electron chi connectivity index (χ3n) is 2.43. The van der Waals surface area contributed by atoms with Gasteiger partial charge in [0.25, 0.3) is 0 Å². The Bertz CT molecular complexity index is 612. The third kappa shape index (κ3) is 3.54. The van der Waals surface area contributed by atoms with Crippen LogP contribution in [0.5, 0.6) is 5.75 Å². The lowest BCUT2D eigenvalue weighted by Gasteiger charge is -2.13. The van der Waals surface area contributed by atoms with E-state index in [-0.39, 0.29) is 5.69 Å². The summed E-state index contributed by atoms with van der Waals surface area (Å²) >= 11 is 0. The first-order valence-electron chi connectivity index (χ1n) is 5.43. The molecule has 0 aliphatic carbocycles. The maximum absolute atomic E-state index is 11.1. The molecule has 1 heterocycles. The van der Waals surface area contributed by atoms with E-state index in [9.17, 15) is 4.57 Å². The van der Waals surface area contributed by atoms with Crippen LogP contribution in [-0.2, 0) is 4.57 Å². The second-order valence-electron chi connectivity index (χ2n) is 3.78. The van der Waals surface area contributed by atoms with Crippen LogP contribution in [0, 0.1) is 0 Å². The lowest BCUT2D eigenvalue weighted by molar-refractivity contribution is 0.380. The fourth-order valence-corrected chi connectivity index (χ4v) is 2.14. The van der Waals surface area contributed by atoms with E-state index in [4.69, 9.17) is 14.5 Å². The second-order valence-corrected chi connectivity index (χ2v) is 5.09. The number of anilines is 1. The van der Waals surface area contributed by atoms with Crippen molar-refractivity contribution in [1.82, 2.24) is 4.98 Å². The Labute approximate surface area is 110 Å². The quantitative estimate of drug-likeness (QED) is 0.744.